The number of ether oxygens (including phenoxy) is 1. The Morgan fingerprint density at radius 3 is 2.27 bits per heavy atom. The van der Waals surface area contributed by atoms with Crippen LogP contribution in [0.25, 0.3) is 0 Å². The van der Waals surface area contributed by atoms with Gasteiger partial charge in [-0.1, -0.05) is 11.8 Å². The third-order valence-electron chi connectivity index (χ3n) is 5.14. The van der Waals surface area contributed by atoms with Gasteiger partial charge in [0.25, 0.3) is 5.69 Å². The molecule has 3 aromatic carbocycles. The first-order chi connectivity index (χ1) is 15.7. The van der Waals surface area contributed by atoms with Gasteiger partial charge in [-0.3, -0.25) is 20.2 Å². The maximum Gasteiger partial charge on any atom is 0.301 e. The van der Waals surface area contributed by atoms with Crippen LogP contribution in [-0.2, 0) is 11.8 Å². The second kappa shape index (κ2) is 8.61. The van der Waals surface area contributed by atoms with Gasteiger partial charge in [0.05, 0.1) is 34.9 Å². The van der Waals surface area contributed by atoms with E-state index in [-0.39, 0.29) is 11.4 Å². The van der Waals surface area contributed by atoms with Crippen molar-refractivity contribution < 1.29 is 19.7 Å². The SMILES string of the molecule is COc1ccc(P2(=S)CC(c3ccc(O)cc3)=NN2c2ccc([N+](=O)[O-])cc2[N+](=O)[O-])cc1. The summed E-state index contributed by atoms with van der Waals surface area (Å²) in [5.74, 6) is 0.724. The highest BCUT2D eigenvalue weighted by Crippen LogP contribution is 2.57. The first kappa shape index (κ1) is 22.4. The Balaban J connectivity index is 1.90. The highest BCUT2D eigenvalue weighted by Gasteiger charge is 2.40. The summed E-state index contributed by atoms with van der Waals surface area (Å²) in [6, 6.07) is 17.0. The van der Waals surface area contributed by atoms with Crippen LogP contribution in [0.15, 0.2) is 71.8 Å². The minimum absolute atomic E-state index is 0.0820. The van der Waals surface area contributed by atoms with Gasteiger partial charge in [-0.25, -0.2) is 4.78 Å². The lowest BCUT2D eigenvalue weighted by molar-refractivity contribution is -0.393. The minimum atomic E-state index is -2.75. The molecule has 1 atom stereocenters. The Kier molecular flexibility index (Phi) is 5.84. The Bertz CT molecular complexity index is 1330. The van der Waals surface area contributed by atoms with Crippen LogP contribution in [0.5, 0.6) is 11.5 Å². The number of phenolic OH excluding ortho intramolecular Hbond substituents is 1. The smallest absolute Gasteiger partial charge is 0.301 e. The Morgan fingerprint density at radius 1 is 1.03 bits per heavy atom. The van der Waals surface area contributed by atoms with Crippen molar-refractivity contribution in [1.82, 2.24) is 0 Å². The first-order valence-corrected chi connectivity index (χ1v) is 12.5. The molecule has 3 aromatic rings. The lowest BCUT2D eigenvalue weighted by Gasteiger charge is -2.27. The van der Waals surface area contributed by atoms with Gasteiger partial charge in [0.1, 0.15) is 17.2 Å². The highest BCUT2D eigenvalue weighted by molar-refractivity contribution is 8.19. The molecule has 1 unspecified atom stereocenters. The van der Waals surface area contributed by atoms with Gasteiger partial charge in [0, 0.05) is 17.5 Å². The number of nitrogens with zero attached hydrogens (tertiary/aromatic N) is 4. The van der Waals surface area contributed by atoms with Crippen molar-refractivity contribution in [2.24, 2.45) is 5.10 Å². The number of hydrogen-bond acceptors (Lipinski definition) is 8. The first-order valence-electron chi connectivity index (χ1n) is 9.57. The molecule has 0 spiro atoms. The van der Waals surface area contributed by atoms with E-state index in [1.807, 2.05) is 0 Å². The summed E-state index contributed by atoms with van der Waals surface area (Å²) >= 11 is 6.13. The van der Waals surface area contributed by atoms with E-state index in [1.54, 1.807) is 43.5 Å². The van der Waals surface area contributed by atoms with Crippen LogP contribution in [0.3, 0.4) is 0 Å². The fourth-order valence-corrected chi connectivity index (χ4v) is 7.15. The van der Waals surface area contributed by atoms with Crippen molar-refractivity contribution in [2.75, 3.05) is 18.1 Å². The van der Waals surface area contributed by atoms with Crippen molar-refractivity contribution in [1.29, 1.82) is 0 Å². The van der Waals surface area contributed by atoms with Crippen LogP contribution < -0.4 is 14.8 Å². The molecule has 1 aliphatic rings. The standard InChI is InChI=1S/C21H17N4O6PS/c1-31-17-7-9-18(10-8-17)32(33)13-19(14-2-5-16(26)6-3-14)22-23(32)20-11-4-15(24(27)28)12-21(20)25(29)30/h2-12,26H,13H2,1H3. The van der Waals surface area contributed by atoms with Gasteiger partial charge >= 0.3 is 5.69 Å². The summed E-state index contributed by atoms with van der Waals surface area (Å²) in [4.78, 5) is 21.6. The number of hydrogen-bond donors (Lipinski definition) is 1. The maximum atomic E-state index is 11.8. The van der Waals surface area contributed by atoms with Crippen molar-refractivity contribution in [2.45, 2.75) is 0 Å². The summed E-state index contributed by atoms with van der Waals surface area (Å²) in [6.07, 6.45) is -2.43. The Labute approximate surface area is 193 Å². The molecule has 1 N–H and O–H groups in total. The normalized spacial score (nSPS) is 17.5. The lowest BCUT2D eigenvalue weighted by atomic mass is 10.1. The molecule has 1 aliphatic heterocycles. The van der Waals surface area contributed by atoms with E-state index in [0.29, 0.717) is 23.2 Å². The van der Waals surface area contributed by atoms with Crippen LogP contribution in [0.2, 0.25) is 0 Å². The third kappa shape index (κ3) is 4.15. The molecule has 12 heteroatoms. The predicted molar refractivity (Wildman–Crippen MR) is 129 cm³/mol. The molecule has 1 heterocycles. The topological polar surface area (TPSA) is 131 Å². The Morgan fingerprint density at radius 2 is 1.70 bits per heavy atom. The van der Waals surface area contributed by atoms with E-state index < -0.39 is 27.4 Å². The molecular weight excluding hydrogens is 467 g/mol. The molecule has 4 rings (SSSR count). The zero-order valence-electron chi connectivity index (χ0n) is 17.2. The number of methoxy groups -OCH3 is 1. The molecule has 0 aromatic heterocycles. The van der Waals surface area contributed by atoms with Crippen LogP contribution in [-0.4, -0.2) is 33.9 Å². The van der Waals surface area contributed by atoms with Crippen molar-refractivity contribution in [3.8, 4) is 11.5 Å². The predicted octanol–water partition coefficient (Wildman–Crippen LogP) is 4.16. The number of nitro benzene ring substituents is 2. The molecule has 0 fully saturated rings. The number of rotatable bonds is 6. The number of benzene rings is 3. The number of phenols is 1. The van der Waals surface area contributed by atoms with Gasteiger partial charge < -0.3 is 9.84 Å². The molecule has 0 saturated carbocycles. The Hall–Kier alpha value is -3.82. The molecule has 168 valence electrons. The number of anilines is 1. The molecule has 0 saturated heterocycles. The summed E-state index contributed by atoms with van der Waals surface area (Å²) in [7, 11) is 1.54. The number of hydrazone groups is 1. The molecule has 0 radical (unpaired) electrons. The van der Waals surface area contributed by atoms with Gasteiger partial charge in [-0.2, -0.15) is 5.10 Å². The number of aromatic hydroxyl groups is 1. The fraction of sp³-hybridized carbons (Fsp3) is 0.0952. The molecule has 10 nitrogen and oxygen atoms in total. The summed E-state index contributed by atoms with van der Waals surface area (Å²) < 4.78 is 6.69. The largest absolute Gasteiger partial charge is 0.508 e. The molecule has 0 aliphatic carbocycles. The second-order valence-electron chi connectivity index (χ2n) is 7.13. The zero-order chi connectivity index (χ0) is 23.8. The number of nitro groups is 2. The fourth-order valence-electron chi connectivity index (χ4n) is 3.48. The summed E-state index contributed by atoms with van der Waals surface area (Å²) in [5.41, 5.74) is 0.538. The molecule has 0 amide bonds. The van der Waals surface area contributed by atoms with Crippen molar-refractivity contribution in [3.05, 3.63) is 92.5 Å². The average Bonchev–Trinajstić information content (AvgIpc) is 3.17. The monoisotopic (exact) mass is 484 g/mol. The summed E-state index contributed by atoms with van der Waals surface area (Å²) in [6.45, 7) is 0. The van der Waals surface area contributed by atoms with Gasteiger partial charge in [-0.05, 0) is 60.2 Å². The second-order valence-corrected chi connectivity index (χ2v) is 11.6. The van der Waals surface area contributed by atoms with E-state index in [9.17, 15) is 25.3 Å². The van der Waals surface area contributed by atoms with Gasteiger partial charge in [0.2, 0.25) is 0 Å². The van der Waals surface area contributed by atoms with Gasteiger partial charge in [0.15, 0.2) is 0 Å². The zero-order valence-corrected chi connectivity index (χ0v) is 18.9. The van der Waals surface area contributed by atoms with Crippen LogP contribution in [0.4, 0.5) is 17.1 Å². The minimum Gasteiger partial charge on any atom is -0.508 e. The molecular formula is C21H17N4O6PS. The van der Waals surface area contributed by atoms with E-state index in [1.165, 1.54) is 29.0 Å². The van der Waals surface area contributed by atoms with E-state index in [4.69, 9.17) is 16.5 Å². The quantitative estimate of drug-likeness (QED) is 0.313. The lowest BCUT2D eigenvalue weighted by Crippen LogP contribution is -2.20. The van der Waals surface area contributed by atoms with Gasteiger partial charge in [-0.15, -0.1) is 0 Å². The van der Waals surface area contributed by atoms with E-state index in [2.05, 4.69) is 5.10 Å². The highest BCUT2D eigenvalue weighted by atomic mass is 32.4. The summed E-state index contributed by atoms with van der Waals surface area (Å²) in [5, 5.41) is 38.0. The van der Waals surface area contributed by atoms with Crippen molar-refractivity contribution >= 4 is 46.1 Å². The third-order valence-corrected chi connectivity index (χ3v) is 9.38. The maximum absolute atomic E-state index is 11.8. The van der Waals surface area contributed by atoms with Crippen LogP contribution in [0.1, 0.15) is 5.56 Å². The average molecular weight is 484 g/mol. The van der Waals surface area contributed by atoms with E-state index >= 15 is 0 Å². The van der Waals surface area contributed by atoms with Crippen molar-refractivity contribution in [3.63, 3.8) is 0 Å². The van der Waals surface area contributed by atoms with E-state index in [0.717, 1.165) is 11.4 Å². The molecule has 33 heavy (non-hydrogen) atoms. The molecule has 0 bridgehead atoms. The van der Waals surface area contributed by atoms with Crippen LogP contribution >= 0.6 is 6.19 Å². The number of non-ortho nitro benzene ring substituents is 1. The van der Waals surface area contributed by atoms with Crippen LogP contribution in [0, 0.1) is 20.2 Å².